The molecule has 0 aromatic carbocycles. The summed E-state index contributed by atoms with van der Waals surface area (Å²) in [5.41, 5.74) is 1.03. The van der Waals surface area contributed by atoms with Crippen molar-refractivity contribution in [2.75, 3.05) is 6.54 Å². The van der Waals surface area contributed by atoms with Crippen molar-refractivity contribution in [1.82, 2.24) is 5.32 Å². The maximum absolute atomic E-state index is 11.5. The average Bonchev–Trinajstić information content (AvgIpc) is 2.21. The van der Waals surface area contributed by atoms with Gasteiger partial charge in [-0.05, 0) is 25.7 Å². The number of ketones is 1. The summed E-state index contributed by atoms with van der Waals surface area (Å²) in [6.07, 6.45) is 1.87. The fraction of sp³-hybridized carbons (Fsp3) is 0.786. The van der Waals surface area contributed by atoms with Gasteiger partial charge in [-0.25, -0.2) is 0 Å². The Balaban J connectivity index is 4.46. The quantitative estimate of drug-likeness (QED) is 0.686. The first kappa shape index (κ1) is 15.2. The van der Waals surface area contributed by atoms with Crippen LogP contribution >= 0.6 is 0 Å². The minimum Gasteiger partial charge on any atom is -0.388 e. The molecule has 94 valence electrons. The summed E-state index contributed by atoms with van der Waals surface area (Å²) in [5, 5.41) is 3.36. The van der Waals surface area contributed by atoms with Crippen molar-refractivity contribution in [1.29, 1.82) is 0 Å². The highest BCUT2D eigenvalue weighted by Crippen LogP contribution is 2.25. The molecular weight excluding hydrogens is 198 g/mol. The second-order valence-corrected chi connectivity index (χ2v) is 4.94. The summed E-state index contributed by atoms with van der Waals surface area (Å²) >= 11 is 0. The number of allylic oxidation sites excluding steroid dienone is 1. The van der Waals surface area contributed by atoms with Gasteiger partial charge in [-0.2, -0.15) is 0 Å². The van der Waals surface area contributed by atoms with Crippen molar-refractivity contribution in [2.24, 2.45) is 17.8 Å². The maximum Gasteiger partial charge on any atom is 0.133 e. The van der Waals surface area contributed by atoms with Crippen molar-refractivity contribution < 1.29 is 4.79 Å². The van der Waals surface area contributed by atoms with Crippen LogP contribution in [0.1, 0.15) is 47.5 Å². The van der Waals surface area contributed by atoms with Gasteiger partial charge in [0.15, 0.2) is 0 Å². The van der Waals surface area contributed by atoms with Crippen molar-refractivity contribution in [3.8, 4) is 0 Å². The first-order valence-electron chi connectivity index (χ1n) is 6.37. The zero-order valence-corrected chi connectivity index (χ0v) is 11.5. The molecule has 0 aliphatic heterocycles. The maximum atomic E-state index is 11.5. The van der Waals surface area contributed by atoms with Crippen LogP contribution in [-0.4, -0.2) is 12.3 Å². The largest absolute Gasteiger partial charge is 0.388 e. The average molecular weight is 225 g/mol. The van der Waals surface area contributed by atoms with Gasteiger partial charge in [0.2, 0.25) is 0 Å². The second-order valence-electron chi connectivity index (χ2n) is 4.94. The SMILES string of the molecule is C=C(NCC(C)C)C(CC)C(CC)C(C)=O. The van der Waals surface area contributed by atoms with Crippen LogP contribution in [0.2, 0.25) is 0 Å². The van der Waals surface area contributed by atoms with E-state index in [0.717, 1.165) is 25.1 Å². The predicted molar refractivity (Wildman–Crippen MR) is 70.2 cm³/mol. The Bertz CT molecular complexity index is 233. The lowest BCUT2D eigenvalue weighted by Gasteiger charge is -2.26. The third kappa shape index (κ3) is 4.82. The highest BCUT2D eigenvalue weighted by atomic mass is 16.1. The molecule has 2 heteroatoms. The molecule has 0 aromatic rings. The van der Waals surface area contributed by atoms with Gasteiger partial charge in [0.1, 0.15) is 5.78 Å². The lowest BCUT2D eigenvalue weighted by Crippen LogP contribution is -2.30. The number of rotatable bonds is 8. The number of hydrogen-bond donors (Lipinski definition) is 1. The molecule has 0 saturated heterocycles. The molecule has 0 radical (unpaired) electrons. The van der Waals surface area contributed by atoms with E-state index in [-0.39, 0.29) is 17.6 Å². The van der Waals surface area contributed by atoms with Crippen LogP contribution in [0.15, 0.2) is 12.3 Å². The summed E-state index contributed by atoms with van der Waals surface area (Å²) in [6, 6.07) is 0. The molecule has 2 unspecified atom stereocenters. The molecule has 0 saturated carbocycles. The van der Waals surface area contributed by atoms with Gasteiger partial charge in [0.25, 0.3) is 0 Å². The van der Waals surface area contributed by atoms with Crippen molar-refractivity contribution in [3.63, 3.8) is 0 Å². The molecule has 2 nitrogen and oxygen atoms in total. The lowest BCUT2D eigenvalue weighted by molar-refractivity contribution is -0.122. The number of carbonyl (C=O) groups excluding carboxylic acids is 1. The minimum absolute atomic E-state index is 0.122. The Labute approximate surface area is 101 Å². The van der Waals surface area contributed by atoms with Crippen LogP contribution in [0.4, 0.5) is 0 Å². The summed E-state index contributed by atoms with van der Waals surface area (Å²) in [7, 11) is 0. The van der Waals surface area contributed by atoms with Crippen LogP contribution < -0.4 is 5.32 Å². The summed E-state index contributed by atoms with van der Waals surface area (Å²) in [6.45, 7) is 15.2. The summed E-state index contributed by atoms with van der Waals surface area (Å²) in [4.78, 5) is 11.5. The Kier molecular flexibility index (Phi) is 7.11. The molecule has 0 heterocycles. The number of carbonyl (C=O) groups is 1. The third-order valence-corrected chi connectivity index (χ3v) is 3.07. The zero-order chi connectivity index (χ0) is 12.7. The van der Waals surface area contributed by atoms with Crippen LogP contribution in [0.3, 0.4) is 0 Å². The minimum atomic E-state index is 0.122. The Morgan fingerprint density at radius 1 is 1.19 bits per heavy atom. The van der Waals surface area contributed by atoms with Crippen LogP contribution in [0.25, 0.3) is 0 Å². The highest BCUT2D eigenvalue weighted by molar-refractivity contribution is 5.78. The van der Waals surface area contributed by atoms with Crippen LogP contribution in [0.5, 0.6) is 0 Å². The van der Waals surface area contributed by atoms with Gasteiger partial charge in [0.05, 0.1) is 0 Å². The summed E-state index contributed by atoms with van der Waals surface area (Å²) < 4.78 is 0. The lowest BCUT2D eigenvalue weighted by atomic mass is 9.83. The molecule has 0 fully saturated rings. The van der Waals surface area contributed by atoms with Crippen LogP contribution in [0, 0.1) is 17.8 Å². The van der Waals surface area contributed by atoms with E-state index < -0.39 is 0 Å². The molecule has 0 spiro atoms. The zero-order valence-electron chi connectivity index (χ0n) is 11.5. The fourth-order valence-electron chi connectivity index (χ4n) is 2.10. The Hall–Kier alpha value is -0.790. The Morgan fingerprint density at radius 3 is 2.00 bits per heavy atom. The van der Waals surface area contributed by atoms with Gasteiger partial charge in [-0.15, -0.1) is 0 Å². The third-order valence-electron chi connectivity index (χ3n) is 3.07. The van der Waals surface area contributed by atoms with Gasteiger partial charge in [-0.1, -0.05) is 34.3 Å². The molecule has 2 atom stereocenters. The number of hydrogen-bond acceptors (Lipinski definition) is 2. The van der Waals surface area contributed by atoms with E-state index in [0.29, 0.717) is 5.92 Å². The van der Waals surface area contributed by atoms with E-state index in [4.69, 9.17) is 0 Å². The fourth-order valence-corrected chi connectivity index (χ4v) is 2.10. The van der Waals surface area contributed by atoms with E-state index in [1.165, 1.54) is 0 Å². The topological polar surface area (TPSA) is 29.1 Å². The number of nitrogens with one attached hydrogen (secondary N) is 1. The number of Topliss-reactive ketones (excluding diaryl/α,β-unsaturated/α-hetero) is 1. The van der Waals surface area contributed by atoms with Crippen molar-refractivity contribution >= 4 is 5.78 Å². The first-order chi connectivity index (χ1) is 7.43. The van der Waals surface area contributed by atoms with Gasteiger partial charge < -0.3 is 5.32 Å². The highest BCUT2D eigenvalue weighted by Gasteiger charge is 2.24. The standard InChI is InChI=1S/C14H27NO/c1-7-13(14(8-2)12(6)16)11(5)15-9-10(3)4/h10,13-15H,5,7-9H2,1-4,6H3. The second kappa shape index (κ2) is 7.48. The van der Waals surface area contributed by atoms with Gasteiger partial charge in [-0.3, -0.25) is 4.79 Å². The molecule has 16 heavy (non-hydrogen) atoms. The van der Waals surface area contributed by atoms with E-state index in [1.807, 2.05) is 0 Å². The molecule has 0 bridgehead atoms. The molecule has 0 aliphatic rings. The van der Waals surface area contributed by atoms with E-state index in [1.54, 1.807) is 6.92 Å². The van der Waals surface area contributed by atoms with Gasteiger partial charge >= 0.3 is 0 Å². The van der Waals surface area contributed by atoms with Crippen molar-refractivity contribution in [2.45, 2.75) is 47.5 Å². The monoisotopic (exact) mass is 225 g/mol. The van der Waals surface area contributed by atoms with E-state index >= 15 is 0 Å². The van der Waals surface area contributed by atoms with Crippen LogP contribution in [-0.2, 0) is 4.79 Å². The predicted octanol–water partition coefficient (Wildman–Crippen LogP) is 3.39. The van der Waals surface area contributed by atoms with E-state index in [2.05, 4.69) is 39.6 Å². The molecule has 0 amide bonds. The van der Waals surface area contributed by atoms with Gasteiger partial charge in [0, 0.05) is 24.1 Å². The molecule has 0 aromatic heterocycles. The smallest absolute Gasteiger partial charge is 0.133 e. The van der Waals surface area contributed by atoms with Crippen molar-refractivity contribution in [3.05, 3.63) is 12.3 Å². The Morgan fingerprint density at radius 2 is 1.69 bits per heavy atom. The molecule has 0 aliphatic carbocycles. The normalized spacial score (nSPS) is 14.6. The summed E-state index contributed by atoms with van der Waals surface area (Å²) in [5.74, 6) is 1.28. The first-order valence-corrected chi connectivity index (χ1v) is 6.37. The molecule has 0 rings (SSSR count). The van der Waals surface area contributed by atoms with E-state index in [9.17, 15) is 4.79 Å². The molecular formula is C14H27NO. The molecule has 1 N–H and O–H groups in total.